The Morgan fingerprint density at radius 2 is 1.92 bits per heavy atom. The minimum absolute atomic E-state index is 0.0684. The van der Waals surface area contributed by atoms with Crippen LogP contribution in [0, 0.1) is 0 Å². The summed E-state index contributed by atoms with van der Waals surface area (Å²) in [7, 11) is 1.25. The van der Waals surface area contributed by atoms with Crippen LogP contribution in [0.2, 0.25) is 0 Å². The molecule has 1 N–H and O–H groups in total. The van der Waals surface area contributed by atoms with Crippen molar-refractivity contribution in [2.45, 2.75) is 45.1 Å². The van der Waals surface area contributed by atoms with Gasteiger partial charge in [0.1, 0.15) is 18.8 Å². The van der Waals surface area contributed by atoms with Crippen LogP contribution in [0.15, 0.2) is 30.3 Å². The summed E-state index contributed by atoms with van der Waals surface area (Å²) in [6.07, 6.45) is -1.69. The second-order valence-corrected chi connectivity index (χ2v) is 6.29. The number of alkyl carbamates (subject to hydrolysis) is 1. The summed E-state index contributed by atoms with van der Waals surface area (Å²) in [5.74, 6) is -0.572. The van der Waals surface area contributed by atoms with Crippen molar-refractivity contribution in [1.82, 2.24) is 10.2 Å². The zero-order valence-corrected chi connectivity index (χ0v) is 15.1. The summed E-state index contributed by atoms with van der Waals surface area (Å²) in [5.41, 5.74) is 0.832. The van der Waals surface area contributed by atoms with Crippen molar-refractivity contribution < 1.29 is 28.6 Å². The Kier molecular flexibility index (Phi) is 6.82. The van der Waals surface area contributed by atoms with Crippen LogP contribution in [0.5, 0.6) is 0 Å². The molecule has 1 aliphatic rings. The summed E-state index contributed by atoms with van der Waals surface area (Å²) in [5, 5.41) is 2.61. The van der Waals surface area contributed by atoms with Crippen molar-refractivity contribution in [3.63, 3.8) is 0 Å². The largest absolute Gasteiger partial charge is 0.467 e. The molecule has 0 radical (unpaired) electrons. The number of nitrogens with zero attached hydrogens (tertiary/aromatic N) is 1. The first kappa shape index (κ1) is 19.6. The Balaban J connectivity index is 1.97. The quantitative estimate of drug-likeness (QED) is 0.635. The van der Waals surface area contributed by atoms with Crippen molar-refractivity contribution in [3.8, 4) is 0 Å². The van der Waals surface area contributed by atoms with Crippen LogP contribution in [-0.2, 0) is 25.6 Å². The van der Waals surface area contributed by atoms with E-state index in [1.54, 1.807) is 13.8 Å². The van der Waals surface area contributed by atoms with E-state index in [0.29, 0.717) is 0 Å². The molecule has 2 atom stereocenters. The van der Waals surface area contributed by atoms with Gasteiger partial charge in [-0.2, -0.15) is 0 Å². The predicted molar refractivity (Wildman–Crippen MR) is 92.3 cm³/mol. The van der Waals surface area contributed by atoms with Crippen LogP contribution in [0.1, 0.15) is 25.8 Å². The lowest BCUT2D eigenvalue weighted by Gasteiger charge is -2.21. The van der Waals surface area contributed by atoms with E-state index in [1.165, 1.54) is 12.0 Å². The van der Waals surface area contributed by atoms with Crippen LogP contribution >= 0.6 is 0 Å². The average molecular weight is 364 g/mol. The van der Waals surface area contributed by atoms with Crippen molar-refractivity contribution in [3.05, 3.63) is 35.9 Å². The molecule has 1 heterocycles. The second-order valence-electron chi connectivity index (χ2n) is 6.29. The molecule has 2 rings (SSSR count). The highest BCUT2D eigenvalue weighted by molar-refractivity contribution is 5.82. The van der Waals surface area contributed by atoms with E-state index in [0.717, 1.165) is 5.56 Å². The second kappa shape index (κ2) is 9.07. The monoisotopic (exact) mass is 364 g/mol. The van der Waals surface area contributed by atoms with Gasteiger partial charge in [-0.05, 0) is 19.4 Å². The van der Waals surface area contributed by atoms with Crippen molar-refractivity contribution in [2.24, 2.45) is 0 Å². The molecule has 1 fully saturated rings. The number of carbonyl (C=O) groups is 3. The van der Waals surface area contributed by atoms with Crippen LogP contribution in [-0.4, -0.2) is 54.9 Å². The minimum Gasteiger partial charge on any atom is -0.467 e. The molecule has 2 amide bonds. The van der Waals surface area contributed by atoms with E-state index in [1.807, 2.05) is 30.3 Å². The predicted octanol–water partition coefficient (Wildman–Crippen LogP) is 2.07. The summed E-state index contributed by atoms with van der Waals surface area (Å²) in [6.45, 7) is 3.77. The average Bonchev–Trinajstić information content (AvgIpc) is 3.02. The molecule has 1 aliphatic heterocycles. The molecule has 8 heteroatoms. The molecule has 142 valence electrons. The summed E-state index contributed by atoms with van der Waals surface area (Å²) < 4.78 is 15.3. The summed E-state index contributed by atoms with van der Waals surface area (Å²) in [4.78, 5) is 37.4. The van der Waals surface area contributed by atoms with E-state index in [2.05, 4.69) is 5.32 Å². The third-order valence-electron chi connectivity index (χ3n) is 3.86. The van der Waals surface area contributed by atoms with Gasteiger partial charge in [0.05, 0.1) is 13.7 Å². The number of hydrogen-bond donors (Lipinski definition) is 1. The molecular weight excluding hydrogens is 340 g/mol. The Bertz CT molecular complexity index is 634. The number of esters is 1. The Labute approximate surface area is 152 Å². The fraction of sp³-hybridized carbons (Fsp3) is 0.500. The van der Waals surface area contributed by atoms with Gasteiger partial charge < -0.3 is 19.5 Å². The van der Waals surface area contributed by atoms with Crippen molar-refractivity contribution in [1.29, 1.82) is 0 Å². The van der Waals surface area contributed by atoms with E-state index < -0.39 is 30.3 Å². The zero-order valence-electron chi connectivity index (χ0n) is 15.1. The van der Waals surface area contributed by atoms with Crippen molar-refractivity contribution >= 4 is 18.2 Å². The molecule has 1 aromatic rings. The molecule has 0 aromatic heterocycles. The smallest absolute Gasteiger partial charge is 0.410 e. The molecule has 26 heavy (non-hydrogen) atoms. The number of methoxy groups -OCH3 is 1. The maximum absolute atomic E-state index is 12.4. The first-order valence-corrected chi connectivity index (χ1v) is 8.43. The zero-order chi connectivity index (χ0) is 19.1. The van der Waals surface area contributed by atoms with Gasteiger partial charge in [-0.1, -0.05) is 30.3 Å². The number of rotatable bonds is 5. The molecule has 1 saturated heterocycles. The van der Waals surface area contributed by atoms with Gasteiger partial charge in [-0.25, -0.2) is 14.4 Å². The lowest BCUT2D eigenvalue weighted by molar-refractivity contribution is -0.145. The third-order valence-corrected chi connectivity index (χ3v) is 3.86. The Morgan fingerprint density at radius 3 is 2.54 bits per heavy atom. The Morgan fingerprint density at radius 1 is 1.23 bits per heavy atom. The highest BCUT2D eigenvalue weighted by Crippen LogP contribution is 2.23. The van der Waals surface area contributed by atoms with Gasteiger partial charge in [-0.3, -0.25) is 4.90 Å². The lowest BCUT2D eigenvalue weighted by Crippen LogP contribution is -2.41. The fourth-order valence-electron chi connectivity index (χ4n) is 2.67. The highest BCUT2D eigenvalue weighted by atomic mass is 16.6. The maximum atomic E-state index is 12.4. The fourth-order valence-corrected chi connectivity index (χ4v) is 2.67. The van der Waals surface area contributed by atoms with Gasteiger partial charge in [0.25, 0.3) is 0 Å². The van der Waals surface area contributed by atoms with E-state index in [4.69, 9.17) is 14.2 Å². The third kappa shape index (κ3) is 5.37. The number of nitrogens with one attached hydrogen (secondary N) is 1. The molecule has 0 bridgehead atoms. The highest BCUT2D eigenvalue weighted by Gasteiger charge is 2.43. The van der Waals surface area contributed by atoms with Gasteiger partial charge >= 0.3 is 18.2 Å². The summed E-state index contributed by atoms with van der Waals surface area (Å²) in [6, 6.07) is 8.28. The van der Waals surface area contributed by atoms with E-state index in [9.17, 15) is 14.4 Å². The van der Waals surface area contributed by atoms with Gasteiger partial charge in [0.15, 0.2) is 0 Å². The lowest BCUT2D eigenvalue weighted by atomic mass is 10.2. The van der Waals surface area contributed by atoms with Crippen LogP contribution in [0.3, 0.4) is 0 Å². The standard InChI is InChI=1S/C18H24N2O6/c1-12(2)19-17(22)26-14-9-15(16(21)24-3)20(10-14)18(23)25-11-13-7-5-4-6-8-13/h4-8,12,14-15H,9-11H2,1-3H3,(H,19,22)/t14?,15-/m0/s1. The first-order valence-electron chi connectivity index (χ1n) is 8.43. The SMILES string of the molecule is COC(=O)[C@@H]1CC(OC(=O)NC(C)C)CN1C(=O)OCc1ccccc1. The van der Waals surface area contributed by atoms with Gasteiger partial charge in [0.2, 0.25) is 0 Å². The minimum atomic E-state index is -0.847. The number of amides is 2. The first-order chi connectivity index (χ1) is 12.4. The van der Waals surface area contributed by atoms with Crippen LogP contribution in [0.4, 0.5) is 9.59 Å². The molecule has 1 aromatic carbocycles. The topological polar surface area (TPSA) is 94.2 Å². The Hall–Kier alpha value is -2.77. The number of benzene rings is 1. The normalized spacial score (nSPS) is 19.2. The van der Waals surface area contributed by atoms with Gasteiger partial charge in [0, 0.05) is 12.5 Å². The van der Waals surface area contributed by atoms with Crippen LogP contribution in [0.25, 0.3) is 0 Å². The molecule has 0 saturated carbocycles. The van der Waals surface area contributed by atoms with E-state index >= 15 is 0 Å². The number of hydrogen-bond acceptors (Lipinski definition) is 6. The molecule has 0 aliphatic carbocycles. The van der Waals surface area contributed by atoms with Gasteiger partial charge in [-0.15, -0.1) is 0 Å². The molecular formula is C18H24N2O6. The number of carbonyl (C=O) groups excluding carboxylic acids is 3. The molecule has 8 nitrogen and oxygen atoms in total. The summed E-state index contributed by atoms with van der Waals surface area (Å²) >= 11 is 0. The van der Waals surface area contributed by atoms with Crippen molar-refractivity contribution in [2.75, 3.05) is 13.7 Å². The number of ether oxygens (including phenoxy) is 3. The van der Waals surface area contributed by atoms with E-state index in [-0.39, 0.29) is 25.6 Å². The molecule has 1 unspecified atom stereocenters. The molecule has 0 spiro atoms. The maximum Gasteiger partial charge on any atom is 0.410 e. The number of likely N-dealkylation sites (tertiary alicyclic amines) is 1. The van der Waals surface area contributed by atoms with Crippen LogP contribution < -0.4 is 5.32 Å².